The van der Waals surface area contributed by atoms with E-state index in [9.17, 15) is 9.59 Å². The molecule has 21 heavy (non-hydrogen) atoms. The summed E-state index contributed by atoms with van der Waals surface area (Å²) in [6, 6.07) is 0. The average Bonchev–Trinajstić information content (AvgIpc) is 2.68. The van der Waals surface area contributed by atoms with Gasteiger partial charge in [0.15, 0.2) is 18.0 Å². The maximum atomic E-state index is 12.0. The van der Waals surface area contributed by atoms with Crippen LogP contribution in [-0.2, 0) is 28.5 Å². The molecule has 6 heteroatoms. The van der Waals surface area contributed by atoms with E-state index >= 15 is 0 Å². The van der Waals surface area contributed by atoms with Gasteiger partial charge in [0.05, 0.1) is 13.2 Å². The lowest BCUT2D eigenvalue weighted by Gasteiger charge is -2.26. The van der Waals surface area contributed by atoms with Gasteiger partial charge in [0.25, 0.3) is 0 Å². The van der Waals surface area contributed by atoms with E-state index in [4.69, 9.17) is 18.9 Å². The van der Waals surface area contributed by atoms with Gasteiger partial charge in [0, 0.05) is 12.8 Å². The number of ether oxygens (including phenoxy) is 4. The maximum Gasteiger partial charge on any atom is 0.338 e. The number of hydrogen-bond donors (Lipinski definition) is 0. The van der Waals surface area contributed by atoms with Crippen molar-refractivity contribution in [1.82, 2.24) is 0 Å². The van der Waals surface area contributed by atoms with Crippen molar-refractivity contribution in [3.8, 4) is 0 Å². The van der Waals surface area contributed by atoms with Crippen LogP contribution in [0.4, 0.5) is 0 Å². The van der Waals surface area contributed by atoms with E-state index in [0.717, 1.165) is 25.7 Å². The van der Waals surface area contributed by atoms with Gasteiger partial charge in [0.1, 0.15) is 0 Å². The van der Waals surface area contributed by atoms with Gasteiger partial charge in [-0.1, -0.05) is 12.8 Å². The Morgan fingerprint density at radius 1 is 0.905 bits per heavy atom. The van der Waals surface area contributed by atoms with Crippen LogP contribution in [0.1, 0.15) is 52.4 Å². The second-order valence-electron chi connectivity index (χ2n) is 5.41. The van der Waals surface area contributed by atoms with E-state index in [1.807, 2.05) is 0 Å². The molecule has 2 aliphatic rings. The van der Waals surface area contributed by atoms with Crippen molar-refractivity contribution in [1.29, 1.82) is 0 Å². The van der Waals surface area contributed by atoms with Crippen LogP contribution in [0.15, 0.2) is 0 Å². The standard InChI is InChI=1S/C15H24O6/c1-3-18-13(16)11-12(14(17)19-4-2)21-15(20-11)9-7-5-6-8-10-15/h11-12H,3-10H2,1-2H3/t11-,12-/m1/s1. The SMILES string of the molecule is CCOC(=O)[C@@H]1OC2(CCCCCC2)O[C@H]1C(=O)OCC. The van der Waals surface area contributed by atoms with Crippen molar-refractivity contribution >= 4 is 11.9 Å². The van der Waals surface area contributed by atoms with Gasteiger partial charge < -0.3 is 18.9 Å². The first-order valence-electron chi connectivity index (χ1n) is 7.81. The van der Waals surface area contributed by atoms with Crippen LogP contribution in [0.5, 0.6) is 0 Å². The van der Waals surface area contributed by atoms with Gasteiger partial charge in [-0.15, -0.1) is 0 Å². The van der Waals surface area contributed by atoms with Gasteiger partial charge in [-0.2, -0.15) is 0 Å². The van der Waals surface area contributed by atoms with E-state index in [1.165, 1.54) is 0 Å². The molecule has 0 N–H and O–H groups in total. The van der Waals surface area contributed by atoms with Crippen LogP contribution >= 0.6 is 0 Å². The molecule has 0 radical (unpaired) electrons. The Morgan fingerprint density at radius 3 is 1.71 bits per heavy atom. The highest BCUT2D eigenvalue weighted by Crippen LogP contribution is 2.40. The molecular formula is C15H24O6. The Labute approximate surface area is 125 Å². The van der Waals surface area contributed by atoms with Gasteiger partial charge in [-0.3, -0.25) is 0 Å². The molecule has 0 aromatic heterocycles. The highest BCUT2D eigenvalue weighted by molar-refractivity contribution is 5.86. The minimum Gasteiger partial charge on any atom is -0.464 e. The van der Waals surface area contributed by atoms with Crippen LogP contribution in [0, 0.1) is 0 Å². The summed E-state index contributed by atoms with van der Waals surface area (Å²) in [5.41, 5.74) is 0. The summed E-state index contributed by atoms with van der Waals surface area (Å²) in [6.45, 7) is 3.91. The lowest BCUT2D eigenvalue weighted by Crippen LogP contribution is -2.39. The smallest absolute Gasteiger partial charge is 0.338 e. The van der Waals surface area contributed by atoms with Crippen LogP contribution in [0.2, 0.25) is 0 Å². The molecule has 1 aliphatic heterocycles. The molecule has 1 aliphatic carbocycles. The Hall–Kier alpha value is -1.14. The van der Waals surface area contributed by atoms with Crippen LogP contribution in [-0.4, -0.2) is 43.1 Å². The highest BCUT2D eigenvalue weighted by Gasteiger charge is 2.54. The maximum absolute atomic E-state index is 12.0. The number of hydrogen-bond acceptors (Lipinski definition) is 6. The average molecular weight is 300 g/mol. The molecule has 1 spiro atoms. The van der Waals surface area contributed by atoms with Crippen molar-refractivity contribution < 1.29 is 28.5 Å². The first-order valence-corrected chi connectivity index (χ1v) is 7.81. The van der Waals surface area contributed by atoms with Crippen LogP contribution in [0.3, 0.4) is 0 Å². The van der Waals surface area contributed by atoms with E-state index < -0.39 is 29.9 Å². The number of carbonyl (C=O) groups is 2. The van der Waals surface area contributed by atoms with Crippen molar-refractivity contribution in [3.05, 3.63) is 0 Å². The molecular weight excluding hydrogens is 276 g/mol. The topological polar surface area (TPSA) is 71.1 Å². The minimum absolute atomic E-state index is 0.237. The van der Waals surface area contributed by atoms with E-state index in [-0.39, 0.29) is 13.2 Å². The fourth-order valence-electron chi connectivity index (χ4n) is 2.91. The van der Waals surface area contributed by atoms with Crippen LogP contribution < -0.4 is 0 Å². The monoisotopic (exact) mass is 300 g/mol. The third-order valence-corrected chi connectivity index (χ3v) is 3.86. The highest BCUT2D eigenvalue weighted by atomic mass is 16.8. The molecule has 1 saturated heterocycles. The molecule has 1 heterocycles. The van der Waals surface area contributed by atoms with E-state index in [0.29, 0.717) is 12.8 Å². The van der Waals surface area contributed by atoms with E-state index in [2.05, 4.69) is 0 Å². The molecule has 0 aromatic carbocycles. The van der Waals surface area contributed by atoms with Crippen molar-refractivity contribution in [2.75, 3.05) is 13.2 Å². The zero-order chi connectivity index (χ0) is 15.3. The zero-order valence-corrected chi connectivity index (χ0v) is 12.8. The molecule has 2 fully saturated rings. The van der Waals surface area contributed by atoms with Gasteiger partial charge in [-0.25, -0.2) is 9.59 Å². The predicted molar refractivity (Wildman–Crippen MR) is 73.4 cm³/mol. The Bertz CT molecular complexity index is 344. The fourth-order valence-corrected chi connectivity index (χ4v) is 2.91. The van der Waals surface area contributed by atoms with Gasteiger partial charge >= 0.3 is 11.9 Å². The summed E-state index contributed by atoms with van der Waals surface area (Å²) in [5, 5.41) is 0. The van der Waals surface area contributed by atoms with Crippen LogP contribution in [0.25, 0.3) is 0 Å². The second-order valence-corrected chi connectivity index (χ2v) is 5.41. The van der Waals surface area contributed by atoms with Crippen molar-refractivity contribution in [2.24, 2.45) is 0 Å². The Kier molecular flexibility index (Phi) is 5.58. The largest absolute Gasteiger partial charge is 0.464 e. The third kappa shape index (κ3) is 3.74. The first-order chi connectivity index (χ1) is 10.1. The number of carbonyl (C=O) groups excluding carboxylic acids is 2. The summed E-state index contributed by atoms with van der Waals surface area (Å²) >= 11 is 0. The molecule has 2 rings (SSSR count). The Morgan fingerprint density at radius 2 is 1.33 bits per heavy atom. The summed E-state index contributed by atoms with van der Waals surface area (Å²) in [7, 11) is 0. The zero-order valence-electron chi connectivity index (χ0n) is 12.8. The summed E-state index contributed by atoms with van der Waals surface area (Å²) in [6.07, 6.45) is 3.49. The Balaban J connectivity index is 2.15. The molecule has 1 saturated carbocycles. The molecule has 120 valence electrons. The van der Waals surface area contributed by atoms with Crippen molar-refractivity contribution in [3.63, 3.8) is 0 Å². The lowest BCUT2D eigenvalue weighted by molar-refractivity contribution is -0.195. The number of esters is 2. The molecule has 0 bridgehead atoms. The number of rotatable bonds is 4. The fraction of sp³-hybridized carbons (Fsp3) is 0.867. The van der Waals surface area contributed by atoms with Gasteiger partial charge in [-0.05, 0) is 26.7 Å². The summed E-state index contributed by atoms with van der Waals surface area (Å²) in [5.74, 6) is -1.96. The molecule has 0 amide bonds. The molecule has 2 atom stereocenters. The quantitative estimate of drug-likeness (QED) is 0.739. The minimum atomic E-state index is -1.03. The van der Waals surface area contributed by atoms with E-state index in [1.54, 1.807) is 13.8 Å². The predicted octanol–water partition coefficient (Wildman–Crippen LogP) is 1.95. The third-order valence-electron chi connectivity index (χ3n) is 3.86. The van der Waals surface area contributed by atoms with Crippen molar-refractivity contribution in [2.45, 2.75) is 70.4 Å². The molecule has 0 aromatic rings. The normalized spacial score (nSPS) is 28.1. The first kappa shape index (κ1) is 16.2. The molecule has 6 nitrogen and oxygen atoms in total. The van der Waals surface area contributed by atoms with Gasteiger partial charge in [0.2, 0.25) is 0 Å². The molecule has 0 unspecified atom stereocenters. The summed E-state index contributed by atoms with van der Waals surface area (Å²) < 4.78 is 21.7. The lowest BCUT2D eigenvalue weighted by atomic mass is 10.1. The second kappa shape index (κ2) is 7.22. The summed E-state index contributed by atoms with van der Waals surface area (Å²) in [4.78, 5) is 24.1.